The van der Waals surface area contributed by atoms with Crippen LogP contribution in [0.15, 0.2) is 97.1 Å². The van der Waals surface area contributed by atoms with Crippen molar-refractivity contribution >= 4 is 49.3 Å². The molecule has 0 N–H and O–H groups in total. The van der Waals surface area contributed by atoms with Gasteiger partial charge in [-0.05, 0) is 56.3 Å². The molecule has 8 rings (SSSR count). The Morgan fingerprint density at radius 2 is 0.979 bits per heavy atom. The first-order valence-electron chi connectivity index (χ1n) is 14.8. The average molecular weight is 628 g/mol. The third-order valence-corrected chi connectivity index (χ3v) is 8.84. The van der Waals surface area contributed by atoms with Crippen molar-refractivity contribution in [3.63, 3.8) is 0 Å². The Morgan fingerprint density at radius 1 is 0.511 bits per heavy atom. The normalized spacial score (nSPS) is 11.7. The van der Waals surface area contributed by atoms with Gasteiger partial charge in [0.2, 0.25) is 11.5 Å². The summed E-state index contributed by atoms with van der Waals surface area (Å²) in [6, 6.07) is 29.5. The minimum Gasteiger partial charge on any atom is -0.319 e. The number of hydrogen-bond acceptors (Lipinski definition) is 0. The van der Waals surface area contributed by atoms with Crippen molar-refractivity contribution in [2.24, 2.45) is 0 Å². The van der Waals surface area contributed by atoms with Crippen LogP contribution in [-0.2, 0) is 0 Å². The van der Waals surface area contributed by atoms with Gasteiger partial charge in [0.25, 0.3) is 0 Å². The maximum atomic E-state index is 15.6. The minimum atomic E-state index is -2.25. The molecule has 2 heterocycles. The second-order valence-electron chi connectivity index (χ2n) is 11.6. The highest BCUT2D eigenvalue weighted by molar-refractivity contribution is 6.12. The molecule has 2 aromatic heterocycles. The summed E-state index contributed by atoms with van der Waals surface area (Å²) in [6.07, 6.45) is 0. The van der Waals surface area contributed by atoms with Crippen molar-refractivity contribution in [1.82, 2.24) is 9.13 Å². The molecule has 3 nitrogen and oxygen atoms in total. The molecule has 228 valence electrons. The number of halogens is 5. The van der Waals surface area contributed by atoms with Crippen molar-refractivity contribution < 1.29 is 22.0 Å². The van der Waals surface area contributed by atoms with Gasteiger partial charge in [-0.15, -0.1) is 0 Å². The SMILES string of the molecule is [C-]#[N+]c1c(-n2c3ccccc3c3cc(C)ccc32)ccc(-c2c(F)c(F)c(F)c(F)c2F)c1-n1c2ccccc2c2cc(C)ccc21. The summed E-state index contributed by atoms with van der Waals surface area (Å²) in [4.78, 5) is 3.95. The second kappa shape index (κ2) is 10.3. The quantitative estimate of drug-likeness (QED) is 0.0801. The molecular weight excluding hydrogens is 605 g/mol. The van der Waals surface area contributed by atoms with E-state index in [0.29, 0.717) is 16.7 Å². The maximum absolute atomic E-state index is 15.6. The van der Waals surface area contributed by atoms with Crippen LogP contribution in [0.3, 0.4) is 0 Å². The Morgan fingerprint density at radius 3 is 1.53 bits per heavy atom. The lowest BCUT2D eigenvalue weighted by Crippen LogP contribution is -2.08. The van der Waals surface area contributed by atoms with Gasteiger partial charge in [-0.2, -0.15) is 0 Å². The molecule has 0 atom stereocenters. The number of para-hydroxylation sites is 2. The molecule has 0 radical (unpaired) electrons. The summed E-state index contributed by atoms with van der Waals surface area (Å²) >= 11 is 0. The van der Waals surface area contributed by atoms with E-state index in [1.54, 1.807) is 16.7 Å². The molecule has 8 aromatic rings. The Kier molecular flexibility index (Phi) is 6.25. The number of hydrogen-bond donors (Lipinski definition) is 0. The van der Waals surface area contributed by atoms with E-state index >= 15 is 8.78 Å². The monoisotopic (exact) mass is 627 g/mol. The lowest BCUT2D eigenvalue weighted by Gasteiger charge is -2.21. The van der Waals surface area contributed by atoms with Gasteiger partial charge in [0, 0.05) is 27.1 Å². The first-order chi connectivity index (χ1) is 22.7. The van der Waals surface area contributed by atoms with E-state index in [2.05, 4.69) is 4.85 Å². The van der Waals surface area contributed by atoms with Crippen LogP contribution in [0.2, 0.25) is 0 Å². The molecule has 0 saturated heterocycles. The summed E-state index contributed by atoms with van der Waals surface area (Å²) in [7, 11) is 0. The Balaban J connectivity index is 1.61. The summed E-state index contributed by atoms with van der Waals surface area (Å²) in [5, 5.41) is 3.47. The van der Waals surface area contributed by atoms with Crippen molar-refractivity contribution in [1.29, 1.82) is 0 Å². The highest BCUT2D eigenvalue weighted by Gasteiger charge is 2.31. The van der Waals surface area contributed by atoms with Crippen molar-refractivity contribution in [2.75, 3.05) is 0 Å². The fourth-order valence-electron chi connectivity index (χ4n) is 6.80. The zero-order chi connectivity index (χ0) is 32.7. The Bertz CT molecular complexity index is 2650. The molecule has 0 amide bonds. The van der Waals surface area contributed by atoms with Gasteiger partial charge >= 0.3 is 0 Å². The summed E-state index contributed by atoms with van der Waals surface area (Å²) in [5.41, 5.74) is 3.69. The molecule has 0 saturated carbocycles. The van der Waals surface area contributed by atoms with Crippen molar-refractivity contribution in [2.45, 2.75) is 13.8 Å². The van der Waals surface area contributed by atoms with Crippen LogP contribution in [-0.4, -0.2) is 9.13 Å². The molecule has 0 bridgehead atoms. The average Bonchev–Trinajstić information content (AvgIpc) is 3.58. The van der Waals surface area contributed by atoms with E-state index in [-0.39, 0.29) is 16.9 Å². The van der Waals surface area contributed by atoms with Gasteiger partial charge in [0.05, 0.1) is 45.6 Å². The lowest BCUT2D eigenvalue weighted by atomic mass is 9.98. The number of aryl methyl sites for hydroxylation is 2. The van der Waals surface area contributed by atoms with Crippen molar-refractivity contribution in [3.8, 4) is 22.5 Å². The fraction of sp³-hybridized carbons (Fsp3) is 0.0513. The van der Waals surface area contributed by atoms with Crippen molar-refractivity contribution in [3.05, 3.63) is 149 Å². The molecule has 8 heteroatoms. The fourth-order valence-corrected chi connectivity index (χ4v) is 6.80. The van der Waals surface area contributed by atoms with Gasteiger partial charge in [-0.1, -0.05) is 65.7 Å². The minimum absolute atomic E-state index is 0.00574. The van der Waals surface area contributed by atoms with Gasteiger partial charge in [-0.25, -0.2) is 26.8 Å². The van der Waals surface area contributed by atoms with Gasteiger partial charge < -0.3 is 9.13 Å². The third-order valence-electron chi connectivity index (χ3n) is 8.84. The molecule has 0 aliphatic heterocycles. The predicted molar refractivity (Wildman–Crippen MR) is 176 cm³/mol. The largest absolute Gasteiger partial charge is 0.319 e. The highest BCUT2D eigenvalue weighted by atomic mass is 19.2. The van der Waals surface area contributed by atoms with Gasteiger partial charge in [0.15, 0.2) is 23.3 Å². The number of rotatable bonds is 3. The molecule has 0 fully saturated rings. The summed E-state index contributed by atoms with van der Waals surface area (Å²) < 4.78 is 78.6. The van der Waals surface area contributed by atoms with E-state index in [1.807, 2.05) is 91.2 Å². The van der Waals surface area contributed by atoms with E-state index in [1.165, 1.54) is 12.1 Å². The lowest BCUT2D eigenvalue weighted by molar-refractivity contribution is 0.381. The maximum Gasteiger partial charge on any atom is 0.234 e. The Hall–Kier alpha value is -5.94. The molecule has 0 aliphatic rings. The number of nitrogens with zero attached hydrogens (tertiary/aromatic N) is 3. The highest BCUT2D eigenvalue weighted by Crippen LogP contribution is 2.47. The number of fused-ring (bicyclic) bond motifs is 6. The van der Waals surface area contributed by atoms with Crippen LogP contribution in [0.1, 0.15) is 11.1 Å². The summed E-state index contributed by atoms with van der Waals surface area (Å²) in [5.74, 6) is -10.3. The molecular formula is C39H22F5N3. The first kappa shape index (κ1) is 28.5. The van der Waals surface area contributed by atoms with Crippen LogP contribution >= 0.6 is 0 Å². The first-order valence-corrected chi connectivity index (χ1v) is 14.8. The Labute approximate surface area is 265 Å². The number of aromatic nitrogens is 2. The number of benzene rings is 6. The van der Waals surface area contributed by atoms with E-state index in [9.17, 15) is 13.2 Å². The van der Waals surface area contributed by atoms with Crippen LogP contribution in [0, 0.1) is 49.5 Å². The van der Waals surface area contributed by atoms with E-state index < -0.39 is 34.6 Å². The third kappa shape index (κ3) is 3.96. The molecule has 47 heavy (non-hydrogen) atoms. The second-order valence-corrected chi connectivity index (χ2v) is 11.6. The smallest absolute Gasteiger partial charge is 0.234 e. The zero-order valence-electron chi connectivity index (χ0n) is 25.0. The van der Waals surface area contributed by atoms with Crippen LogP contribution in [0.25, 0.3) is 71.0 Å². The van der Waals surface area contributed by atoms with Crippen LogP contribution in [0.5, 0.6) is 0 Å². The van der Waals surface area contributed by atoms with Gasteiger partial charge in [-0.3, -0.25) is 0 Å². The van der Waals surface area contributed by atoms with Gasteiger partial charge in [0.1, 0.15) is 0 Å². The summed E-state index contributed by atoms with van der Waals surface area (Å²) in [6.45, 7) is 12.4. The van der Waals surface area contributed by atoms with Crippen LogP contribution < -0.4 is 0 Å². The molecule has 0 aliphatic carbocycles. The molecule has 0 unspecified atom stereocenters. The predicted octanol–water partition coefficient (Wildman–Crippen LogP) is 11.4. The van der Waals surface area contributed by atoms with E-state index in [4.69, 9.17) is 6.57 Å². The standard InChI is InChI=1S/C39H22F5N3/c1-20-12-15-29-25(18-20)22-8-4-6-10-27(22)46(29)31-17-14-24(32-33(40)35(42)37(44)36(43)34(32)41)39(38(31)45-3)47-28-11-7-5-9-23(28)26-19-21(2)13-16-30(26)47/h4-19H,1-2H3. The van der Waals surface area contributed by atoms with Crippen LogP contribution in [0.4, 0.5) is 27.6 Å². The molecule has 6 aromatic carbocycles. The zero-order valence-corrected chi connectivity index (χ0v) is 25.0. The topological polar surface area (TPSA) is 14.2 Å². The molecule has 0 spiro atoms. The van der Waals surface area contributed by atoms with E-state index in [0.717, 1.165) is 43.7 Å².